The van der Waals surface area contributed by atoms with Gasteiger partial charge in [0.15, 0.2) is 0 Å². The minimum atomic E-state index is -0.417. The number of aliphatic hydroxyl groups excluding tert-OH is 1. The standard InChI is InChI=1S/C12H17N3O2/c1-8(9-3-2-4-13-6-9)15-12(17)11-5-10(16)7-14-11/h2-4,6,8,10-11,14,16H,5,7H2,1H3,(H,15,17). The topological polar surface area (TPSA) is 74.2 Å². The van der Waals surface area contributed by atoms with Crippen LogP contribution in [0.25, 0.3) is 0 Å². The lowest BCUT2D eigenvalue weighted by Gasteiger charge is -2.17. The van der Waals surface area contributed by atoms with Crippen LogP contribution in [0.3, 0.4) is 0 Å². The Kier molecular flexibility index (Phi) is 3.71. The first kappa shape index (κ1) is 12.0. The van der Waals surface area contributed by atoms with Crippen molar-refractivity contribution in [3.8, 4) is 0 Å². The Labute approximate surface area is 100 Å². The van der Waals surface area contributed by atoms with Crippen LogP contribution < -0.4 is 10.6 Å². The van der Waals surface area contributed by atoms with Crippen LogP contribution in [-0.2, 0) is 4.79 Å². The zero-order valence-electron chi connectivity index (χ0n) is 9.76. The zero-order valence-corrected chi connectivity index (χ0v) is 9.76. The molecule has 2 rings (SSSR count). The number of pyridine rings is 1. The van der Waals surface area contributed by atoms with Crippen molar-refractivity contribution in [1.82, 2.24) is 15.6 Å². The summed E-state index contributed by atoms with van der Waals surface area (Å²) in [6, 6.07) is 3.41. The SMILES string of the molecule is CC(NC(=O)C1CC(O)CN1)c1cccnc1. The first-order valence-electron chi connectivity index (χ1n) is 5.78. The number of nitrogens with zero attached hydrogens (tertiary/aromatic N) is 1. The Morgan fingerprint density at radius 1 is 1.71 bits per heavy atom. The number of amides is 1. The van der Waals surface area contributed by atoms with Gasteiger partial charge in [0.1, 0.15) is 0 Å². The predicted molar refractivity (Wildman–Crippen MR) is 63.2 cm³/mol. The second-order valence-electron chi connectivity index (χ2n) is 4.37. The summed E-state index contributed by atoms with van der Waals surface area (Å²) in [5.74, 6) is -0.0714. The summed E-state index contributed by atoms with van der Waals surface area (Å²) < 4.78 is 0. The Balaban J connectivity index is 1.91. The van der Waals surface area contributed by atoms with Crippen LogP contribution in [0.1, 0.15) is 24.9 Å². The smallest absolute Gasteiger partial charge is 0.237 e. The molecule has 1 aromatic heterocycles. The molecule has 3 N–H and O–H groups in total. The number of nitrogens with one attached hydrogen (secondary N) is 2. The van der Waals surface area contributed by atoms with E-state index < -0.39 is 6.10 Å². The van der Waals surface area contributed by atoms with E-state index in [4.69, 9.17) is 0 Å². The van der Waals surface area contributed by atoms with Crippen molar-refractivity contribution in [2.24, 2.45) is 0 Å². The number of rotatable bonds is 3. The van der Waals surface area contributed by atoms with Gasteiger partial charge in [-0.05, 0) is 25.0 Å². The molecule has 0 spiro atoms. The minimum absolute atomic E-state index is 0.0714. The van der Waals surface area contributed by atoms with Gasteiger partial charge in [-0.1, -0.05) is 6.07 Å². The third-order valence-electron chi connectivity index (χ3n) is 2.97. The lowest BCUT2D eigenvalue weighted by atomic mass is 10.1. The third-order valence-corrected chi connectivity index (χ3v) is 2.97. The molecule has 5 heteroatoms. The molecule has 3 unspecified atom stereocenters. The van der Waals surface area contributed by atoms with Gasteiger partial charge >= 0.3 is 0 Å². The van der Waals surface area contributed by atoms with E-state index in [1.807, 2.05) is 19.1 Å². The molecule has 3 atom stereocenters. The van der Waals surface area contributed by atoms with Crippen LogP contribution in [0.5, 0.6) is 0 Å². The fourth-order valence-corrected chi connectivity index (χ4v) is 1.95. The van der Waals surface area contributed by atoms with Gasteiger partial charge in [0.2, 0.25) is 5.91 Å². The van der Waals surface area contributed by atoms with Crippen molar-refractivity contribution < 1.29 is 9.90 Å². The fourth-order valence-electron chi connectivity index (χ4n) is 1.95. The van der Waals surface area contributed by atoms with E-state index in [1.165, 1.54) is 0 Å². The molecule has 1 fully saturated rings. The summed E-state index contributed by atoms with van der Waals surface area (Å²) in [4.78, 5) is 15.9. The van der Waals surface area contributed by atoms with Crippen LogP contribution in [0.15, 0.2) is 24.5 Å². The van der Waals surface area contributed by atoms with Crippen LogP contribution in [-0.4, -0.2) is 34.7 Å². The van der Waals surface area contributed by atoms with Gasteiger partial charge in [0.05, 0.1) is 18.2 Å². The van der Waals surface area contributed by atoms with Crippen molar-refractivity contribution in [3.63, 3.8) is 0 Å². The van der Waals surface area contributed by atoms with Gasteiger partial charge < -0.3 is 15.7 Å². The highest BCUT2D eigenvalue weighted by atomic mass is 16.3. The van der Waals surface area contributed by atoms with Gasteiger partial charge in [0, 0.05) is 18.9 Å². The van der Waals surface area contributed by atoms with E-state index in [-0.39, 0.29) is 18.0 Å². The number of carbonyl (C=O) groups excluding carboxylic acids is 1. The molecule has 17 heavy (non-hydrogen) atoms. The van der Waals surface area contributed by atoms with Crippen molar-refractivity contribution in [3.05, 3.63) is 30.1 Å². The average Bonchev–Trinajstić information content (AvgIpc) is 2.77. The molecule has 0 aromatic carbocycles. The van der Waals surface area contributed by atoms with Gasteiger partial charge in [-0.3, -0.25) is 9.78 Å². The maximum atomic E-state index is 11.9. The Morgan fingerprint density at radius 2 is 2.53 bits per heavy atom. The molecular formula is C12H17N3O2. The highest BCUT2D eigenvalue weighted by Crippen LogP contribution is 2.12. The van der Waals surface area contributed by atoms with E-state index in [1.54, 1.807) is 12.4 Å². The van der Waals surface area contributed by atoms with Crippen molar-refractivity contribution in [2.75, 3.05) is 6.54 Å². The average molecular weight is 235 g/mol. The number of hydrogen-bond donors (Lipinski definition) is 3. The summed E-state index contributed by atoms with van der Waals surface area (Å²) in [7, 11) is 0. The van der Waals surface area contributed by atoms with Gasteiger partial charge in [-0.2, -0.15) is 0 Å². The summed E-state index contributed by atoms with van der Waals surface area (Å²) in [5, 5.41) is 15.2. The summed E-state index contributed by atoms with van der Waals surface area (Å²) in [6.07, 6.45) is 3.50. The lowest BCUT2D eigenvalue weighted by molar-refractivity contribution is -0.123. The molecule has 0 saturated carbocycles. The molecule has 0 aliphatic carbocycles. The number of aliphatic hydroxyl groups is 1. The van der Waals surface area contributed by atoms with E-state index in [9.17, 15) is 9.90 Å². The second kappa shape index (κ2) is 5.25. The van der Waals surface area contributed by atoms with Crippen LogP contribution in [0, 0.1) is 0 Å². The largest absolute Gasteiger partial charge is 0.392 e. The predicted octanol–water partition coefficient (Wildman–Crippen LogP) is -0.0184. The Hall–Kier alpha value is -1.46. The maximum Gasteiger partial charge on any atom is 0.237 e. The minimum Gasteiger partial charge on any atom is -0.392 e. The molecule has 0 radical (unpaired) electrons. The first-order chi connectivity index (χ1) is 8.16. The molecule has 1 aliphatic heterocycles. The molecule has 1 amide bonds. The second-order valence-corrected chi connectivity index (χ2v) is 4.37. The molecule has 1 saturated heterocycles. The van der Waals surface area contributed by atoms with Crippen LogP contribution >= 0.6 is 0 Å². The van der Waals surface area contributed by atoms with Gasteiger partial charge in [-0.25, -0.2) is 0 Å². The number of hydrogen-bond acceptors (Lipinski definition) is 4. The molecular weight excluding hydrogens is 218 g/mol. The van der Waals surface area contributed by atoms with E-state index in [0.717, 1.165) is 5.56 Å². The van der Waals surface area contributed by atoms with Gasteiger partial charge in [0.25, 0.3) is 0 Å². The monoisotopic (exact) mass is 235 g/mol. The quantitative estimate of drug-likeness (QED) is 0.688. The zero-order chi connectivity index (χ0) is 12.3. The molecule has 0 bridgehead atoms. The highest BCUT2D eigenvalue weighted by Gasteiger charge is 2.28. The van der Waals surface area contributed by atoms with E-state index >= 15 is 0 Å². The van der Waals surface area contributed by atoms with Crippen molar-refractivity contribution in [2.45, 2.75) is 31.5 Å². The van der Waals surface area contributed by atoms with Crippen LogP contribution in [0.4, 0.5) is 0 Å². The van der Waals surface area contributed by atoms with Crippen molar-refractivity contribution >= 4 is 5.91 Å². The van der Waals surface area contributed by atoms with Gasteiger partial charge in [-0.15, -0.1) is 0 Å². The van der Waals surface area contributed by atoms with Crippen LogP contribution in [0.2, 0.25) is 0 Å². The number of aromatic nitrogens is 1. The summed E-state index contributed by atoms with van der Waals surface area (Å²) >= 11 is 0. The first-order valence-corrected chi connectivity index (χ1v) is 5.78. The lowest BCUT2D eigenvalue weighted by Crippen LogP contribution is -2.41. The molecule has 5 nitrogen and oxygen atoms in total. The normalized spacial score (nSPS) is 25.5. The van der Waals surface area contributed by atoms with E-state index in [0.29, 0.717) is 13.0 Å². The van der Waals surface area contributed by atoms with E-state index in [2.05, 4.69) is 15.6 Å². The summed E-state index contributed by atoms with van der Waals surface area (Å²) in [5.41, 5.74) is 0.972. The fraction of sp³-hybridized carbons (Fsp3) is 0.500. The number of β-amino-alcohol motifs (C(OH)–C–C–N with tert-alkyl or cyclic N) is 1. The van der Waals surface area contributed by atoms with Crippen molar-refractivity contribution in [1.29, 1.82) is 0 Å². The Bertz CT molecular complexity index is 383. The summed E-state index contributed by atoms with van der Waals surface area (Å²) in [6.45, 7) is 2.40. The maximum absolute atomic E-state index is 11.9. The molecule has 1 aromatic rings. The molecule has 1 aliphatic rings. The Morgan fingerprint density at radius 3 is 3.12 bits per heavy atom. The number of carbonyl (C=O) groups is 1. The highest BCUT2D eigenvalue weighted by molar-refractivity contribution is 5.82. The molecule has 92 valence electrons. The third kappa shape index (κ3) is 3.01. The molecule has 2 heterocycles.